The van der Waals surface area contributed by atoms with Crippen LogP contribution in [-0.2, 0) is 10.0 Å². The summed E-state index contributed by atoms with van der Waals surface area (Å²) in [6.07, 6.45) is 0. The Kier molecular flexibility index (Phi) is 3.90. The van der Waals surface area contributed by atoms with Gasteiger partial charge < -0.3 is 4.52 Å². The molecule has 23 heavy (non-hydrogen) atoms. The Morgan fingerprint density at radius 2 is 2.04 bits per heavy atom. The van der Waals surface area contributed by atoms with Gasteiger partial charge in [-0.15, -0.1) is 11.3 Å². The van der Waals surface area contributed by atoms with Gasteiger partial charge in [-0.1, -0.05) is 11.2 Å². The topological polar surface area (TPSA) is 85.1 Å². The van der Waals surface area contributed by atoms with Crippen LogP contribution in [0.3, 0.4) is 0 Å². The molecule has 0 radical (unpaired) electrons. The molecule has 0 spiro atoms. The van der Waals surface area contributed by atoms with Crippen molar-refractivity contribution in [1.29, 1.82) is 0 Å². The summed E-state index contributed by atoms with van der Waals surface area (Å²) in [6, 6.07) is 6.74. The van der Waals surface area contributed by atoms with Gasteiger partial charge in [0.25, 0.3) is 10.0 Å². The van der Waals surface area contributed by atoms with Gasteiger partial charge in [0.05, 0.1) is 10.6 Å². The number of aromatic nitrogens is 2. The number of hydrogen-bond acceptors (Lipinski definition) is 6. The lowest BCUT2D eigenvalue weighted by Crippen LogP contribution is -2.13. The van der Waals surface area contributed by atoms with E-state index in [-0.39, 0.29) is 10.6 Å². The third-order valence-corrected chi connectivity index (χ3v) is 5.67. The summed E-state index contributed by atoms with van der Waals surface area (Å²) in [5.41, 5.74) is 0.160. The van der Waals surface area contributed by atoms with Gasteiger partial charge >= 0.3 is 0 Å². The molecule has 0 aliphatic heterocycles. The second kappa shape index (κ2) is 5.74. The number of nitrogens with zero attached hydrogens (tertiary/aromatic N) is 2. The molecule has 0 atom stereocenters. The number of aryl methyl sites for hydroxylation is 2. The van der Waals surface area contributed by atoms with Crippen molar-refractivity contribution in [1.82, 2.24) is 10.1 Å². The van der Waals surface area contributed by atoms with Gasteiger partial charge in [-0.2, -0.15) is 4.98 Å². The molecular formula is C14H12FN3O3S2. The largest absolute Gasteiger partial charge is 0.339 e. The molecule has 3 aromatic rings. The minimum Gasteiger partial charge on any atom is -0.339 e. The lowest BCUT2D eigenvalue weighted by molar-refractivity contribution is 0.394. The Labute approximate surface area is 136 Å². The summed E-state index contributed by atoms with van der Waals surface area (Å²) in [5.74, 6) is 0.214. The van der Waals surface area contributed by atoms with Crippen molar-refractivity contribution in [2.75, 3.05) is 4.72 Å². The van der Waals surface area contributed by atoms with E-state index < -0.39 is 15.8 Å². The van der Waals surface area contributed by atoms with Gasteiger partial charge in [-0.05, 0) is 31.2 Å². The first kappa shape index (κ1) is 15.6. The highest BCUT2D eigenvalue weighted by Crippen LogP contribution is 2.32. The van der Waals surface area contributed by atoms with Gasteiger partial charge in [0.15, 0.2) is 0 Å². The van der Waals surface area contributed by atoms with Gasteiger partial charge in [-0.25, -0.2) is 12.8 Å². The molecule has 0 aliphatic rings. The Hall–Kier alpha value is -2.26. The maximum Gasteiger partial charge on any atom is 0.263 e. The Bertz CT molecular complexity index is 963. The molecule has 1 N–H and O–H groups in total. The van der Waals surface area contributed by atoms with Crippen LogP contribution in [0.15, 0.2) is 39.8 Å². The smallest absolute Gasteiger partial charge is 0.263 e. The Balaban J connectivity index is 1.95. The van der Waals surface area contributed by atoms with E-state index in [9.17, 15) is 12.8 Å². The van der Waals surface area contributed by atoms with Crippen LogP contribution in [0.1, 0.15) is 10.8 Å². The SMILES string of the molecule is Cc1nc(-c2cc(S(=O)(=O)Nc3cccc(F)c3)c(C)s2)no1. The van der Waals surface area contributed by atoms with Crippen LogP contribution in [0.25, 0.3) is 10.7 Å². The van der Waals surface area contributed by atoms with Gasteiger partial charge in [0, 0.05) is 11.8 Å². The van der Waals surface area contributed by atoms with Crippen molar-refractivity contribution in [2.45, 2.75) is 18.7 Å². The monoisotopic (exact) mass is 353 g/mol. The normalized spacial score (nSPS) is 11.6. The van der Waals surface area contributed by atoms with E-state index in [1.165, 1.54) is 35.6 Å². The number of nitrogens with one attached hydrogen (secondary N) is 1. The molecule has 9 heteroatoms. The number of hydrogen-bond donors (Lipinski definition) is 1. The molecule has 1 aromatic carbocycles. The molecule has 6 nitrogen and oxygen atoms in total. The molecule has 2 aromatic heterocycles. The maximum absolute atomic E-state index is 13.2. The van der Waals surface area contributed by atoms with Crippen molar-refractivity contribution in [3.63, 3.8) is 0 Å². The number of anilines is 1. The first-order valence-corrected chi connectivity index (χ1v) is 8.84. The van der Waals surface area contributed by atoms with E-state index in [0.29, 0.717) is 21.5 Å². The Morgan fingerprint density at radius 3 is 2.70 bits per heavy atom. The third-order valence-electron chi connectivity index (χ3n) is 2.99. The third kappa shape index (κ3) is 3.25. The second-order valence-corrected chi connectivity index (χ2v) is 7.69. The predicted octanol–water partition coefficient (Wildman–Crippen LogP) is 3.35. The van der Waals surface area contributed by atoms with E-state index >= 15 is 0 Å². The first-order chi connectivity index (χ1) is 10.8. The van der Waals surface area contributed by atoms with E-state index in [1.807, 2.05) is 0 Å². The fourth-order valence-electron chi connectivity index (χ4n) is 2.00. The van der Waals surface area contributed by atoms with Crippen molar-refractivity contribution in [2.24, 2.45) is 0 Å². The average Bonchev–Trinajstić information content (AvgIpc) is 3.04. The number of thiophene rings is 1. The minimum atomic E-state index is -3.83. The number of sulfonamides is 1. The number of benzene rings is 1. The quantitative estimate of drug-likeness (QED) is 0.777. The molecule has 2 heterocycles. The standard InChI is InChI=1S/C14H12FN3O3S2/c1-8-13(7-12(22-8)14-16-9(2)21-17-14)23(19,20)18-11-5-3-4-10(15)6-11/h3-7,18H,1-2H3. The summed E-state index contributed by atoms with van der Waals surface area (Å²) in [7, 11) is -3.83. The summed E-state index contributed by atoms with van der Waals surface area (Å²) < 4.78 is 45.4. The van der Waals surface area contributed by atoms with Crippen LogP contribution in [0.5, 0.6) is 0 Å². The van der Waals surface area contributed by atoms with Crippen LogP contribution >= 0.6 is 11.3 Å². The van der Waals surface area contributed by atoms with Crippen LogP contribution < -0.4 is 4.72 Å². The first-order valence-electron chi connectivity index (χ1n) is 6.55. The van der Waals surface area contributed by atoms with E-state index in [1.54, 1.807) is 13.8 Å². The zero-order chi connectivity index (χ0) is 16.6. The van der Waals surface area contributed by atoms with Gasteiger partial charge in [0.2, 0.25) is 11.7 Å². The average molecular weight is 353 g/mol. The molecule has 3 rings (SSSR count). The molecule has 0 fully saturated rings. The lowest BCUT2D eigenvalue weighted by atomic mass is 10.3. The molecule has 0 saturated heterocycles. The summed E-state index contributed by atoms with van der Waals surface area (Å²) in [5, 5.41) is 3.78. The number of rotatable bonds is 4. The zero-order valence-electron chi connectivity index (χ0n) is 12.2. The van der Waals surface area contributed by atoms with Gasteiger partial charge in [0.1, 0.15) is 10.7 Å². The highest BCUT2D eigenvalue weighted by molar-refractivity contribution is 7.93. The summed E-state index contributed by atoms with van der Waals surface area (Å²) >= 11 is 1.24. The van der Waals surface area contributed by atoms with Crippen LogP contribution in [0, 0.1) is 19.7 Å². The van der Waals surface area contributed by atoms with Crippen LogP contribution in [-0.4, -0.2) is 18.6 Å². The summed E-state index contributed by atoms with van der Waals surface area (Å²) in [4.78, 5) is 5.34. The van der Waals surface area contributed by atoms with E-state index in [0.717, 1.165) is 6.07 Å². The second-order valence-electron chi connectivity index (χ2n) is 4.78. The van der Waals surface area contributed by atoms with Crippen molar-refractivity contribution in [3.05, 3.63) is 46.9 Å². The molecular weight excluding hydrogens is 341 g/mol. The molecule has 0 saturated carbocycles. The van der Waals surface area contributed by atoms with Crippen molar-refractivity contribution < 1.29 is 17.3 Å². The van der Waals surface area contributed by atoms with Crippen molar-refractivity contribution in [3.8, 4) is 10.7 Å². The van der Waals surface area contributed by atoms with Crippen LogP contribution in [0.2, 0.25) is 0 Å². The fraction of sp³-hybridized carbons (Fsp3) is 0.143. The molecule has 0 unspecified atom stereocenters. The van der Waals surface area contributed by atoms with Crippen LogP contribution in [0.4, 0.5) is 10.1 Å². The lowest BCUT2D eigenvalue weighted by Gasteiger charge is -2.07. The molecule has 0 amide bonds. The molecule has 0 aliphatic carbocycles. The van der Waals surface area contributed by atoms with E-state index in [4.69, 9.17) is 4.52 Å². The van der Waals surface area contributed by atoms with E-state index in [2.05, 4.69) is 14.9 Å². The molecule has 120 valence electrons. The number of halogens is 1. The van der Waals surface area contributed by atoms with Crippen molar-refractivity contribution >= 4 is 27.0 Å². The van der Waals surface area contributed by atoms with Gasteiger partial charge in [-0.3, -0.25) is 4.72 Å². The Morgan fingerprint density at radius 1 is 1.26 bits per heavy atom. The fourth-order valence-corrected chi connectivity index (χ4v) is 4.57. The maximum atomic E-state index is 13.2. The highest BCUT2D eigenvalue weighted by Gasteiger charge is 2.22. The summed E-state index contributed by atoms with van der Waals surface area (Å²) in [6.45, 7) is 3.33. The zero-order valence-corrected chi connectivity index (χ0v) is 13.8. The predicted molar refractivity (Wildman–Crippen MR) is 84.3 cm³/mol. The minimum absolute atomic E-state index is 0.101. The highest BCUT2D eigenvalue weighted by atomic mass is 32.2. The molecule has 0 bridgehead atoms.